The highest BCUT2D eigenvalue weighted by molar-refractivity contribution is 5.87. The Kier molecular flexibility index (Phi) is 8.37. The number of anilines is 2. The van der Waals surface area contributed by atoms with E-state index < -0.39 is 5.60 Å². The number of carbonyl (C=O) groups excluding carboxylic acids is 1. The number of aryl methyl sites for hydroxylation is 1. The molecule has 0 amide bonds. The maximum atomic E-state index is 12.8. The fraction of sp³-hybridized carbons (Fsp3) is 0.552. The summed E-state index contributed by atoms with van der Waals surface area (Å²) >= 11 is 0. The number of nitrogen functional groups attached to an aromatic ring is 1. The van der Waals surface area contributed by atoms with Crippen LogP contribution < -0.4 is 11.1 Å². The van der Waals surface area contributed by atoms with Crippen molar-refractivity contribution in [2.75, 3.05) is 24.1 Å². The number of aromatic nitrogens is 3. The molecule has 0 saturated carbocycles. The second kappa shape index (κ2) is 11.5. The number of likely N-dealkylation sites (tertiary alicyclic amines) is 1. The smallest absolute Gasteiger partial charge is 0.323 e. The third kappa shape index (κ3) is 6.80. The van der Waals surface area contributed by atoms with Gasteiger partial charge in [0.15, 0.2) is 5.82 Å². The lowest BCUT2D eigenvalue weighted by atomic mass is 10.0. The molecule has 3 heterocycles. The molecule has 0 radical (unpaired) electrons. The molecular formula is C29H42N6O2. The number of nitrogens with one attached hydrogen (secondary N) is 1. The van der Waals surface area contributed by atoms with E-state index in [-0.39, 0.29) is 18.0 Å². The third-order valence-corrected chi connectivity index (χ3v) is 6.88. The van der Waals surface area contributed by atoms with E-state index in [1.807, 2.05) is 26.8 Å². The molecule has 1 atom stereocenters. The first-order valence-corrected chi connectivity index (χ1v) is 13.6. The van der Waals surface area contributed by atoms with Gasteiger partial charge < -0.3 is 20.4 Å². The molecule has 37 heavy (non-hydrogen) atoms. The molecule has 0 bridgehead atoms. The fourth-order valence-electron chi connectivity index (χ4n) is 5.03. The predicted molar refractivity (Wildman–Crippen MR) is 150 cm³/mol. The van der Waals surface area contributed by atoms with Gasteiger partial charge in [0.05, 0.1) is 5.52 Å². The van der Waals surface area contributed by atoms with E-state index in [0.717, 1.165) is 55.7 Å². The minimum atomic E-state index is -0.472. The highest BCUT2D eigenvalue weighted by Crippen LogP contribution is 2.27. The Morgan fingerprint density at radius 2 is 2.00 bits per heavy atom. The zero-order valence-corrected chi connectivity index (χ0v) is 23.0. The summed E-state index contributed by atoms with van der Waals surface area (Å²) in [6.45, 7) is 13.3. The van der Waals surface area contributed by atoms with Gasteiger partial charge in [-0.05, 0) is 76.3 Å². The predicted octanol–water partition coefficient (Wildman–Crippen LogP) is 5.28. The van der Waals surface area contributed by atoms with Crippen LogP contribution in [0.5, 0.6) is 0 Å². The van der Waals surface area contributed by atoms with Crippen LogP contribution in [0.3, 0.4) is 0 Å². The third-order valence-electron chi connectivity index (χ3n) is 6.88. The molecule has 0 unspecified atom stereocenters. The molecule has 200 valence electrons. The van der Waals surface area contributed by atoms with Crippen molar-refractivity contribution in [1.82, 2.24) is 19.4 Å². The second-order valence-corrected chi connectivity index (χ2v) is 11.2. The van der Waals surface area contributed by atoms with E-state index in [1.165, 1.54) is 29.5 Å². The van der Waals surface area contributed by atoms with Crippen LogP contribution in [0.15, 0.2) is 30.5 Å². The summed E-state index contributed by atoms with van der Waals surface area (Å²) in [5.41, 5.74) is 11.0. The summed E-state index contributed by atoms with van der Waals surface area (Å²) in [6, 6.07) is 8.42. The van der Waals surface area contributed by atoms with Gasteiger partial charge in [0.2, 0.25) is 5.95 Å². The van der Waals surface area contributed by atoms with Crippen LogP contribution in [0.2, 0.25) is 0 Å². The number of nitrogens with two attached hydrogens (primary N) is 1. The molecule has 1 aromatic carbocycles. The van der Waals surface area contributed by atoms with Gasteiger partial charge in [0.1, 0.15) is 17.2 Å². The van der Waals surface area contributed by atoms with Gasteiger partial charge in [-0.25, -0.2) is 4.98 Å². The van der Waals surface area contributed by atoms with Crippen molar-refractivity contribution in [2.45, 2.75) is 91.5 Å². The number of nitrogens with zero attached hydrogens (tertiary/aromatic N) is 4. The van der Waals surface area contributed by atoms with Gasteiger partial charge >= 0.3 is 5.97 Å². The minimum Gasteiger partial charge on any atom is -0.459 e. The van der Waals surface area contributed by atoms with E-state index in [9.17, 15) is 4.79 Å². The van der Waals surface area contributed by atoms with Crippen LogP contribution in [0.25, 0.3) is 11.0 Å². The van der Waals surface area contributed by atoms with Crippen LogP contribution >= 0.6 is 0 Å². The van der Waals surface area contributed by atoms with Gasteiger partial charge in [0.25, 0.3) is 0 Å². The number of hydrogen-bond donors (Lipinski definition) is 2. The monoisotopic (exact) mass is 506 g/mol. The lowest BCUT2D eigenvalue weighted by molar-refractivity contribution is -0.160. The number of carbonyl (C=O) groups is 1. The molecular weight excluding hydrogens is 464 g/mol. The maximum absolute atomic E-state index is 12.8. The Bertz CT molecular complexity index is 1230. The lowest BCUT2D eigenvalue weighted by Gasteiger charge is -2.27. The number of unbranched alkanes of at least 4 members (excludes halogenated alkanes) is 2. The van der Waals surface area contributed by atoms with E-state index in [4.69, 9.17) is 10.5 Å². The number of fused-ring (bicyclic) bond motifs is 1. The van der Waals surface area contributed by atoms with Crippen LogP contribution in [0.4, 0.5) is 11.8 Å². The van der Waals surface area contributed by atoms with Gasteiger partial charge in [0, 0.05) is 25.8 Å². The van der Waals surface area contributed by atoms with Crippen molar-refractivity contribution >= 4 is 28.8 Å². The standard InChI is InChI=1S/C29H42N6O2/c1-6-7-8-14-31-26-25-23(32-28(30)33-26)13-16-35(25)19-22-17-21(12-11-20(22)2)18-34-15-9-10-24(34)27(36)37-29(3,4)5/h11-13,16-17,24H,6-10,14-15,18-19H2,1-5H3,(H3,30,31,32,33)/t24-/m1/s1. The molecule has 4 rings (SSSR count). The topological polar surface area (TPSA) is 98.3 Å². The summed E-state index contributed by atoms with van der Waals surface area (Å²) in [5.74, 6) is 0.954. The van der Waals surface area contributed by atoms with E-state index in [0.29, 0.717) is 6.54 Å². The average molecular weight is 507 g/mol. The number of ether oxygens (including phenoxy) is 1. The number of esters is 1. The van der Waals surface area contributed by atoms with E-state index in [1.54, 1.807) is 0 Å². The van der Waals surface area contributed by atoms with Gasteiger partial charge in [-0.3, -0.25) is 9.69 Å². The van der Waals surface area contributed by atoms with Crippen LogP contribution in [0.1, 0.15) is 76.5 Å². The largest absolute Gasteiger partial charge is 0.459 e. The summed E-state index contributed by atoms with van der Waals surface area (Å²) < 4.78 is 7.89. The van der Waals surface area contributed by atoms with Gasteiger partial charge in [-0.1, -0.05) is 38.0 Å². The van der Waals surface area contributed by atoms with E-state index >= 15 is 0 Å². The number of rotatable bonds is 10. The minimum absolute atomic E-state index is 0.116. The molecule has 2 aromatic heterocycles. The zero-order valence-electron chi connectivity index (χ0n) is 23.0. The van der Waals surface area contributed by atoms with Crippen molar-refractivity contribution in [3.63, 3.8) is 0 Å². The molecule has 3 N–H and O–H groups in total. The molecule has 3 aromatic rings. The number of benzene rings is 1. The van der Waals surface area contributed by atoms with Crippen molar-refractivity contribution in [1.29, 1.82) is 0 Å². The first kappa shape index (κ1) is 26.9. The van der Waals surface area contributed by atoms with Crippen LogP contribution in [-0.2, 0) is 22.6 Å². The second-order valence-electron chi connectivity index (χ2n) is 11.2. The highest BCUT2D eigenvalue weighted by atomic mass is 16.6. The quantitative estimate of drug-likeness (QED) is 0.285. The Labute approximate surface area is 220 Å². The van der Waals surface area contributed by atoms with Crippen LogP contribution in [0, 0.1) is 6.92 Å². The number of hydrogen-bond acceptors (Lipinski definition) is 7. The molecule has 0 spiro atoms. The SMILES string of the molecule is CCCCCNc1nc(N)nc2ccn(Cc3cc(CN4CCC[C@@H]4C(=O)OC(C)(C)C)ccc3C)c12. The van der Waals surface area contributed by atoms with Crippen molar-refractivity contribution in [2.24, 2.45) is 0 Å². The Morgan fingerprint density at radius 3 is 2.76 bits per heavy atom. The fourth-order valence-corrected chi connectivity index (χ4v) is 5.03. The Balaban J connectivity index is 1.53. The first-order chi connectivity index (χ1) is 17.6. The Morgan fingerprint density at radius 1 is 1.19 bits per heavy atom. The van der Waals surface area contributed by atoms with Crippen molar-refractivity contribution in [3.8, 4) is 0 Å². The van der Waals surface area contributed by atoms with Crippen molar-refractivity contribution < 1.29 is 9.53 Å². The summed E-state index contributed by atoms with van der Waals surface area (Å²) in [4.78, 5) is 24.0. The van der Waals surface area contributed by atoms with Crippen LogP contribution in [-0.4, -0.2) is 50.1 Å². The summed E-state index contributed by atoms with van der Waals surface area (Å²) in [7, 11) is 0. The normalized spacial score (nSPS) is 16.4. The molecule has 0 aliphatic carbocycles. The lowest BCUT2D eigenvalue weighted by Crippen LogP contribution is -2.40. The summed E-state index contributed by atoms with van der Waals surface area (Å²) in [6.07, 6.45) is 7.35. The highest BCUT2D eigenvalue weighted by Gasteiger charge is 2.34. The van der Waals surface area contributed by atoms with Gasteiger partial charge in [-0.15, -0.1) is 0 Å². The average Bonchev–Trinajstić information content (AvgIpc) is 3.45. The molecule has 1 aliphatic heterocycles. The Hall–Kier alpha value is -3.13. The molecule has 1 aliphatic rings. The molecule has 8 nitrogen and oxygen atoms in total. The summed E-state index contributed by atoms with van der Waals surface area (Å²) in [5, 5.41) is 3.48. The van der Waals surface area contributed by atoms with Gasteiger partial charge in [-0.2, -0.15) is 4.98 Å². The molecule has 1 fully saturated rings. The first-order valence-electron chi connectivity index (χ1n) is 13.6. The van der Waals surface area contributed by atoms with Crippen molar-refractivity contribution in [3.05, 3.63) is 47.2 Å². The zero-order chi connectivity index (χ0) is 26.6. The molecule has 8 heteroatoms. The maximum Gasteiger partial charge on any atom is 0.323 e. The van der Waals surface area contributed by atoms with E-state index in [2.05, 4.69) is 63.0 Å². The molecule has 1 saturated heterocycles.